The van der Waals surface area contributed by atoms with Gasteiger partial charge in [-0.3, -0.25) is 4.90 Å². The van der Waals surface area contributed by atoms with Crippen molar-refractivity contribution in [3.8, 4) is 0 Å². The van der Waals surface area contributed by atoms with Gasteiger partial charge in [0.1, 0.15) is 0 Å². The van der Waals surface area contributed by atoms with E-state index in [2.05, 4.69) is 20.8 Å². The lowest BCUT2D eigenvalue weighted by molar-refractivity contribution is -0.146. The van der Waals surface area contributed by atoms with E-state index in [0.29, 0.717) is 26.2 Å². The van der Waals surface area contributed by atoms with E-state index < -0.39 is 12.7 Å². The van der Waals surface area contributed by atoms with Gasteiger partial charge in [-0.1, -0.05) is 6.07 Å². The zero-order chi connectivity index (χ0) is 15.6. The molecule has 1 aromatic rings. The highest BCUT2D eigenvalue weighted by Gasteiger charge is 2.32. The fraction of sp³-hybridized carbons (Fsp3) is 0.571. The summed E-state index contributed by atoms with van der Waals surface area (Å²) < 4.78 is 38.0. The lowest BCUT2D eigenvalue weighted by Crippen LogP contribution is -2.49. The number of rotatable bonds is 3. The topological polar surface area (TPSA) is 32.5 Å². The molecule has 1 aliphatic rings. The van der Waals surface area contributed by atoms with Crippen molar-refractivity contribution in [3.63, 3.8) is 0 Å². The molecular weight excluding hydrogens is 347 g/mol. The predicted octanol–water partition coefficient (Wildman–Crippen LogP) is 3.15. The van der Waals surface area contributed by atoms with Crippen molar-refractivity contribution in [2.24, 2.45) is 5.73 Å². The second-order valence-electron chi connectivity index (χ2n) is 5.38. The fourth-order valence-electron chi connectivity index (χ4n) is 2.46. The van der Waals surface area contributed by atoms with Crippen LogP contribution in [0.2, 0.25) is 0 Å². The van der Waals surface area contributed by atoms with Gasteiger partial charge < -0.3 is 10.6 Å². The lowest BCUT2D eigenvalue weighted by atomic mass is 10.1. The van der Waals surface area contributed by atoms with E-state index in [1.807, 2.05) is 25.1 Å². The molecule has 1 saturated heterocycles. The first-order chi connectivity index (χ1) is 9.76. The average Bonchev–Trinajstić information content (AvgIpc) is 2.38. The predicted molar refractivity (Wildman–Crippen MR) is 81.5 cm³/mol. The van der Waals surface area contributed by atoms with Gasteiger partial charge in [-0.05, 0) is 40.5 Å². The molecule has 0 bridgehead atoms. The highest BCUT2D eigenvalue weighted by Crippen LogP contribution is 2.30. The Morgan fingerprint density at radius 2 is 1.86 bits per heavy atom. The summed E-state index contributed by atoms with van der Waals surface area (Å²) in [6.45, 7) is 3.10. The third kappa shape index (κ3) is 4.59. The van der Waals surface area contributed by atoms with Gasteiger partial charge in [0.2, 0.25) is 0 Å². The SMILES string of the molecule is C[C@@H](N)c1ccc(N2CCN(CC(F)(F)F)CC2)c(Br)c1. The maximum absolute atomic E-state index is 12.4. The molecule has 0 saturated carbocycles. The first kappa shape index (κ1) is 16.6. The molecule has 0 aliphatic carbocycles. The van der Waals surface area contributed by atoms with Crippen LogP contribution in [-0.2, 0) is 0 Å². The van der Waals surface area contributed by atoms with Gasteiger partial charge >= 0.3 is 6.18 Å². The Labute approximate surface area is 131 Å². The average molecular weight is 366 g/mol. The minimum absolute atomic E-state index is 0.0426. The zero-order valence-corrected chi connectivity index (χ0v) is 13.4. The Hall–Kier alpha value is -0.790. The summed E-state index contributed by atoms with van der Waals surface area (Å²) in [5.41, 5.74) is 7.88. The molecule has 0 spiro atoms. The van der Waals surface area contributed by atoms with Crippen LogP contribution in [0.5, 0.6) is 0 Å². The van der Waals surface area contributed by atoms with Crippen LogP contribution in [0.1, 0.15) is 18.5 Å². The first-order valence-electron chi connectivity index (χ1n) is 6.85. The van der Waals surface area contributed by atoms with Gasteiger partial charge in [-0.15, -0.1) is 0 Å². The van der Waals surface area contributed by atoms with Crippen molar-refractivity contribution in [1.29, 1.82) is 0 Å². The maximum atomic E-state index is 12.4. The summed E-state index contributed by atoms with van der Waals surface area (Å²) >= 11 is 3.52. The van der Waals surface area contributed by atoms with E-state index >= 15 is 0 Å². The molecular formula is C14H19BrF3N3. The van der Waals surface area contributed by atoms with Gasteiger partial charge in [-0.2, -0.15) is 13.2 Å². The van der Waals surface area contributed by atoms with Crippen LogP contribution in [-0.4, -0.2) is 43.8 Å². The summed E-state index contributed by atoms with van der Waals surface area (Å²) in [5, 5.41) is 0. The number of alkyl halides is 3. The van der Waals surface area contributed by atoms with Crippen LogP contribution < -0.4 is 10.6 Å². The zero-order valence-electron chi connectivity index (χ0n) is 11.8. The number of nitrogens with zero attached hydrogens (tertiary/aromatic N) is 2. The molecule has 2 N–H and O–H groups in total. The standard InChI is InChI=1S/C14H19BrF3N3/c1-10(19)11-2-3-13(12(15)8-11)21-6-4-20(5-7-21)9-14(16,17)18/h2-3,8,10H,4-7,9,19H2,1H3/t10-/m1/s1. The van der Waals surface area contributed by atoms with Crippen molar-refractivity contribution >= 4 is 21.6 Å². The molecule has 1 aromatic carbocycles. The first-order valence-corrected chi connectivity index (χ1v) is 7.64. The highest BCUT2D eigenvalue weighted by molar-refractivity contribution is 9.10. The summed E-state index contributed by atoms with van der Waals surface area (Å²) in [4.78, 5) is 3.54. The molecule has 3 nitrogen and oxygen atoms in total. The highest BCUT2D eigenvalue weighted by atomic mass is 79.9. The fourth-order valence-corrected chi connectivity index (χ4v) is 3.11. The van der Waals surface area contributed by atoms with E-state index in [0.717, 1.165) is 15.7 Å². The Bertz CT molecular complexity index is 483. The minimum Gasteiger partial charge on any atom is -0.368 e. The summed E-state index contributed by atoms with van der Waals surface area (Å²) in [6.07, 6.45) is -4.12. The molecule has 1 heterocycles. The summed E-state index contributed by atoms with van der Waals surface area (Å²) in [5.74, 6) is 0. The third-order valence-corrected chi connectivity index (χ3v) is 4.25. The molecule has 0 amide bonds. The van der Waals surface area contributed by atoms with Crippen molar-refractivity contribution in [1.82, 2.24) is 4.90 Å². The van der Waals surface area contributed by atoms with E-state index in [1.165, 1.54) is 4.90 Å². The van der Waals surface area contributed by atoms with Crippen LogP contribution in [0.15, 0.2) is 22.7 Å². The second-order valence-corrected chi connectivity index (χ2v) is 6.23. The summed E-state index contributed by atoms with van der Waals surface area (Å²) in [6, 6.07) is 5.87. The number of nitrogens with two attached hydrogens (primary N) is 1. The third-order valence-electron chi connectivity index (χ3n) is 3.61. The van der Waals surface area contributed by atoms with Gasteiger partial charge in [0, 0.05) is 36.7 Å². The molecule has 118 valence electrons. The van der Waals surface area contributed by atoms with E-state index in [-0.39, 0.29) is 6.04 Å². The van der Waals surface area contributed by atoms with Crippen LogP contribution >= 0.6 is 15.9 Å². The van der Waals surface area contributed by atoms with Gasteiger partial charge in [0.15, 0.2) is 0 Å². The van der Waals surface area contributed by atoms with Crippen LogP contribution in [0.4, 0.5) is 18.9 Å². The van der Waals surface area contributed by atoms with E-state index in [1.54, 1.807) is 0 Å². The smallest absolute Gasteiger partial charge is 0.368 e. The van der Waals surface area contributed by atoms with E-state index in [4.69, 9.17) is 5.73 Å². The molecule has 0 radical (unpaired) electrons. The van der Waals surface area contributed by atoms with E-state index in [9.17, 15) is 13.2 Å². The van der Waals surface area contributed by atoms with Gasteiger partial charge in [0.25, 0.3) is 0 Å². The monoisotopic (exact) mass is 365 g/mol. The van der Waals surface area contributed by atoms with Crippen molar-refractivity contribution in [2.75, 3.05) is 37.6 Å². The molecule has 1 fully saturated rings. The summed E-state index contributed by atoms with van der Waals surface area (Å²) in [7, 11) is 0. The van der Waals surface area contributed by atoms with Gasteiger partial charge in [0.05, 0.1) is 12.2 Å². The molecule has 1 aliphatic heterocycles. The molecule has 0 unspecified atom stereocenters. The Morgan fingerprint density at radius 3 is 2.33 bits per heavy atom. The maximum Gasteiger partial charge on any atom is 0.401 e. The number of anilines is 1. The number of hydrogen-bond acceptors (Lipinski definition) is 3. The van der Waals surface area contributed by atoms with Crippen molar-refractivity contribution in [2.45, 2.75) is 19.1 Å². The Kier molecular flexibility index (Phi) is 5.16. The Balaban J connectivity index is 1.99. The normalized spacial score (nSPS) is 18.9. The molecule has 21 heavy (non-hydrogen) atoms. The van der Waals surface area contributed by atoms with Crippen LogP contribution in [0.25, 0.3) is 0 Å². The quantitative estimate of drug-likeness (QED) is 0.892. The molecule has 0 aromatic heterocycles. The lowest BCUT2D eigenvalue weighted by Gasteiger charge is -2.36. The molecule has 7 heteroatoms. The number of hydrogen-bond donors (Lipinski definition) is 1. The number of benzene rings is 1. The molecule has 2 rings (SSSR count). The van der Waals surface area contributed by atoms with Crippen LogP contribution in [0.3, 0.4) is 0 Å². The number of halogens is 4. The van der Waals surface area contributed by atoms with Gasteiger partial charge in [-0.25, -0.2) is 0 Å². The van der Waals surface area contributed by atoms with Crippen molar-refractivity contribution in [3.05, 3.63) is 28.2 Å². The minimum atomic E-state index is -4.12. The van der Waals surface area contributed by atoms with Crippen molar-refractivity contribution < 1.29 is 13.2 Å². The second kappa shape index (κ2) is 6.54. The largest absolute Gasteiger partial charge is 0.401 e. The molecule has 1 atom stereocenters. The Morgan fingerprint density at radius 1 is 1.24 bits per heavy atom. The van der Waals surface area contributed by atoms with Crippen LogP contribution in [0, 0.1) is 0 Å². The number of piperazine rings is 1.